The van der Waals surface area contributed by atoms with Crippen molar-refractivity contribution in [3.63, 3.8) is 0 Å². The molecule has 1 aromatic heterocycles. The highest BCUT2D eigenvalue weighted by Crippen LogP contribution is 2.39. The van der Waals surface area contributed by atoms with E-state index in [0.717, 1.165) is 27.7 Å². The molecular weight excluding hydrogens is 338 g/mol. The number of aromatic amines is 1. The van der Waals surface area contributed by atoms with E-state index >= 15 is 0 Å². The highest BCUT2D eigenvalue weighted by atomic mass is 35.5. The second kappa shape index (κ2) is 7.19. The van der Waals surface area contributed by atoms with E-state index < -0.39 is 0 Å². The number of methoxy groups -OCH3 is 2. The Bertz CT molecular complexity index is 913. The van der Waals surface area contributed by atoms with E-state index in [1.165, 1.54) is 0 Å². The zero-order valence-corrected chi connectivity index (χ0v) is 15.2. The van der Waals surface area contributed by atoms with Crippen LogP contribution in [0.25, 0.3) is 22.0 Å². The number of aromatic nitrogens is 1. The molecule has 130 valence electrons. The molecule has 0 aliphatic rings. The standard InChI is InChI=1S/C20H20ClNO3/c1-12(23)4-9-16-20(13-5-7-14(21)8-6-13)15-10-18(24-2)19(25-3)11-17(15)22-16/h5-8,10-11,22H,4,9H2,1-3H3. The smallest absolute Gasteiger partial charge is 0.162 e. The number of fused-ring (bicyclic) bond motifs is 1. The van der Waals surface area contributed by atoms with Crippen LogP contribution in [-0.4, -0.2) is 25.0 Å². The third kappa shape index (κ3) is 3.49. The van der Waals surface area contributed by atoms with Crippen LogP contribution >= 0.6 is 11.6 Å². The van der Waals surface area contributed by atoms with Gasteiger partial charge in [0.05, 0.1) is 19.7 Å². The van der Waals surface area contributed by atoms with Crippen LogP contribution in [0, 0.1) is 0 Å². The van der Waals surface area contributed by atoms with Crippen LogP contribution in [-0.2, 0) is 11.2 Å². The molecule has 0 amide bonds. The average molecular weight is 358 g/mol. The van der Waals surface area contributed by atoms with E-state index in [4.69, 9.17) is 21.1 Å². The summed E-state index contributed by atoms with van der Waals surface area (Å²) in [6, 6.07) is 11.6. The number of ether oxygens (including phenoxy) is 2. The molecule has 0 spiro atoms. The van der Waals surface area contributed by atoms with Crippen LogP contribution in [0.15, 0.2) is 36.4 Å². The third-order valence-electron chi connectivity index (χ3n) is 4.24. The van der Waals surface area contributed by atoms with Crippen molar-refractivity contribution >= 4 is 28.3 Å². The van der Waals surface area contributed by atoms with Crippen LogP contribution in [0.4, 0.5) is 0 Å². The topological polar surface area (TPSA) is 51.3 Å². The molecule has 2 aromatic carbocycles. The Hall–Kier alpha value is -2.46. The molecule has 0 fully saturated rings. The third-order valence-corrected chi connectivity index (χ3v) is 4.49. The number of Topliss-reactive ketones (excluding diaryl/α,β-unsaturated/α-hetero) is 1. The fourth-order valence-corrected chi connectivity index (χ4v) is 3.14. The van der Waals surface area contributed by atoms with Crippen LogP contribution in [0.2, 0.25) is 5.02 Å². The number of rotatable bonds is 6. The van der Waals surface area contributed by atoms with Crippen LogP contribution in [0.5, 0.6) is 11.5 Å². The summed E-state index contributed by atoms with van der Waals surface area (Å²) in [6.07, 6.45) is 1.13. The number of ketones is 1. The Morgan fingerprint density at radius 3 is 2.32 bits per heavy atom. The summed E-state index contributed by atoms with van der Waals surface area (Å²) in [5, 5.41) is 1.71. The maximum absolute atomic E-state index is 11.5. The van der Waals surface area contributed by atoms with Gasteiger partial charge < -0.3 is 19.3 Å². The molecule has 0 bridgehead atoms. The Kier molecular flexibility index (Phi) is 5.00. The lowest BCUT2D eigenvalue weighted by molar-refractivity contribution is -0.116. The van der Waals surface area contributed by atoms with E-state index in [1.807, 2.05) is 36.4 Å². The minimum Gasteiger partial charge on any atom is -0.493 e. The maximum atomic E-state index is 11.5. The fraction of sp³-hybridized carbons (Fsp3) is 0.250. The monoisotopic (exact) mass is 357 g/mol. The van der Waals surface area contributed by atoms with Gasteiger partial charge in [-0.2, -0.15) is 0 Å². The van der Waals surface area contributed by atoms with Crippen molar-refractivity contribution in [2.24, 2.45) is 0 Å². The number of hydrogen-bond donors (Lipinski definition) is 1. The first-order chi connectivity index (χ1) is 12.0. The number of carbonyl (C=O) groups is 1. The van der Waals surface area contributed by atoms with Gasteiger partial charge in [-0.05, 0) is 37.1 Å². The summed E-state index contributed by atoms with van der Waals surface area (Å²) in [5.41, 5.74) is 4.07. The van der Waals surface area contributed by atoms with Crippen molar-refractivity contribution in [3.05, 3.63) is 47.1 Å². The minimum atomic E-state index is 0.163. The molecule has 0 saturated heterocycles. The van der Waals surface area contributed by atoms with Crippen molar-refractivity contribution in [2.45, 2.75) is 19.8 Å². The van der Waals surface area contributed by atoms with Gasteiger partial charge >= 0.3 is 0 Å². The normalized spacial score (nSPS) is 10.9. The summed E-state index contributed by atoms with van der Waals surface area (Å²) >= 11 is 6.03. The number of benzene rings is 2. The summed E-state index contributed by atoms with van der Waals surface area (Å²) in [6.45, 7) is 1.61. The SMILES string of the molecule is COc1cc2[nH]c(CCC(C)=O)c(-c3ccc(Cl)cc3)c2cc1OC. The number of H-pyrrole nitrogens is 1. The van der Waals surface area contributed by atoms with E-state index in [-0.39, 0.29) is 5.78 Å². The maximum Gasteiger partial charge on any atom is 0.162 e. The summed E-state index contributed by atoms with van der Waals surface area (Å²) in [4.78, 5) is 14.9. The van der Waals surface area contributed by atoms with Crippen LogP contribution < -0.4 is 9.47 Å². The Balaban J connectivity index is 2.22. The second-order valence-corrected chi connectivity index (χ2v) is 6.38. The van der Waals surface area contributed by atoms with E-state index in [1.54, 1.807) is 21.1 Å². The predicted molar refractivity (Wildman–Crippen MR) is 101 cm³/mol. The number of hydrogen-bond acceptors (Lipinski definition) is 3. The Morgan fingerprint density at radius 1 is 1.08 bits per heavy atom. The van der Waals surface area contributed by atoms with Crippen LogP contribution in [0.1, 0.15) is 19.0 Å². The number of nitrogens with one attached hydrogen (secondary N) is 1. The lowest BCUT2D eigenvalue weighted by Gasteiger charge is -2.09. The highest BCUT2D eigenvalue weighted by molar-refractivity contribution is 6.30. The number of carbonyl (C=O) groups excluding carboxylic acids is 1. The highest BCUT2D eigenvalue weighted by Gasteiger charge is 2.17. The summed E-state index contributed by atoms with van der Waals surface area (Å²) in [5.74, 6) is 1.50. The molecule has 0 aliphatic carbocycles. The molecule has 4 nitrogen and oxygen atoms in total. The lowest BCUT2D eigenvalue weighted by Crippen LogP contribution is -1.95. The van der Waals surface area contributed by atoms with E-state index in [0.29, 0.717) is 29.4 Å². The largest absolute Gasteiger partial charge is 0.493 e. The minimum absolute atomic E-state index is 0.163. The van der Waals surface area contributed by atoms with Crippen LogP contribution in [0.3, 0.4) is 0 Å². The van der Waals surface area contributed by atoms with Gasteiger partial charge in [0.25, 0.3) is 0 Å². The molecule has 0 unspecified atom stereocenters. The van der Waals surface area contributed by atoms with Gasteiger partial charge in [-0.3, -0.25) is 0 Å². The molecule has 0 atom stereocenters. The van der Waals surface area contributed by atoms with Crippen molar-refractivity contribution in [1.82, 2.24) is 4.98 Å². The number of aryl methyl sites for hydroxylation is 1. The van der Waals surface area contributed by atoms with Gasteiger partial charge in [-0.25, -0.2) is 0 Å². The quantitative estimate of drug-likeness (QED) is 0.673. The summed E-state index contributed by atoms with van der Waals surface area (Å²) in [7, 11) is 3.23. The van der Waals surface area contributed by atoms with E-state index in [2.05, 4.69) is 4.98 Å². The molecule has 0 saturated carbocycles. The molecule has 25 heavy (non-hydrogen) atoms. The molecule has 0 aliphatic heterocycles. The first-order valence-electron chi connectivity index (χ1n) is 8.05. The van der Waals surface area contributed by atoms with Crippen molar-refractivity contribution in [3.8, 4) is 22.6 Å². The molecular formula is C20H20ClNO3. The molecule has 0 radical (unpaired) electrons. The zero-order chi connectivity index (χ0) is 18.0. The molecule has 3 rings (SSSR count). The van der Waals surface area contributed by atoms with Crippen molar-refractivity contribution in [1.29, 1.82) is 0 Å². The lowest BCUT2D eigenvalue weighted by atomic mass is 9.99. The fourth-order valence-electron chi connectivity index (χ4n) is 3.01. The van der Waals surface area contributed by atoms with Gasteiger partial charge in [-0.1, -0.05) is 23.7 Å². The number of halogens is 1. The zero-order valence-electron chi connectivity index (χ0n) is 14.5. The van der Waals surface area contributed by atoms with Crippen molar-refractivity contribution < 1.29 is 14.3 Å². The van der Waals surface area contributed by atoms with Gasteiger partial charge in [0.15, 0.2) is 11.5 Å². The van der Waals surface area contributed by atoms with Gasteiger partial charge in [0.2, 0.25) is 0 Å². The van der Waals surface area contributed by atoms with Gasteiger partial charge in [-0.15, -0.1) is 0 Å². The molecule has 3 aromatic rings. The van der Waals surface area contributed by atoms with Gasteiger partial charge in [0.1, 0.15) is 5.78 Å². The molecule has 1 heterocycles. The van der Waals surface area contributed by atoms with Gasteiger partial charge in [0, 0.05) is 34.2 Å². The Labute approximate surface area is 151 Å². The Morgan fingerprint density at radius 2 is 1.72 bits per heavy atom. The average Bonchev–Trinajstić information content (AvgIpc) is 2.96. The predicted octanol–water partition coefficient (Wildman–Crippen LogP) is 5.03. The summed E-state index contributed by atoms with van der Waals surface area (Å²) < 4.78 is 10.8. The first-order valence-corrected chi connectivity index (χ1v) is 8.43. The first kappa shape index (κ1) is 17.4. The van der Waals surface area contributed by atoms with E-state index in [9.17, 15) is 4.79 Å². The second-order valence-electron chi connectivity index (χ2n) is 5.94. The molecule has 1 N–H and O–H groups in total. The molecule has 5 heteroatoms. The van der Waals surface area contributed by atoms with Crippen molar-refractivity contribution in [2.75, 3.05) is 14.2 Å².